The summed E-state index contributed by atoms with van der Waals surface area (Å²) < 4.78 is 0. The summed E-state index contributed by atoms with van der Waals surface area (Å²) in [6.45, 7) is 5.54. The molecule has 1 saturated heterocycles. The Kier molecular flexibility index (Phi) is 8.45. The Balaban J connectivity index is 2.09. The highest BCUT2D eigenvalue weighted by Gasteiger charge is 2.35. The number of rotatable bonds is 8. The SMILES string of the molecule is CCCCN=C1SC(C(=O)Nc2cccc(Cl)c2)CC(=O)N1CCCC. The number of amidine groups is 1. The van der Waals surface area contributed by atoms with Gasteiger partial charge in [-0.25, -0.2) is 0 Å². The second-order valence-corrected chi connectivity index (χ2v) is 7.83. The fraction of sp³-hybridized carbons (Fsp3) is 0.526. The second-order valence-electron chi connectivity index (χ2n) is 6.23. The van der Waals surface area contributed by atoms with E-state index in [0.29, 0.717) is 29.0 Å². The van der Waals surface area contributed by atoms with Gasteiger partial charge in [0, 0.05) is 30.2 Å². The summed E-state index contributed by atoms with van der Waals surface area (Å²) in [7, 11) is 0. The number of carbonyl (C=O) groups is 2. The molecule has 0 saturated carbocycles. The van der Waals surface area contributed by atoms with Crippen molar-refractivity contribution in [3.63, 3.8) is 0 Å². The molecule has 26 heavy (non-hydrogen) atoms. The molecule has 1 N–H and O–H groups in total. The number of thioether (sulfide) groups is 1. The average Bonchev–Trinajstić information content (AvgIpc) is 2.61. The van der Waals surface area contributed by atoms with E-state index in [-0.39, 0.29) is 18.2 Å². The van der Waals surface area contributed by atoms with Crippen molar-refractivity contribution in [2.75, 3.05) is 18.4 Å². The minimum Gasteiger partial charge on any atom is -0.325 e. The van der Waals surface area contributed by atoms with Gasteiger partial charge in [0.05, 0.1) is 0 Å². The highest BCUT2D eigenvalue weighted by atomic mass is 35.5. The van der Waals surface area contributed by atoms with Crippen LogP contribution in [0.1, 0.15) is 46.0 Å². The zero-order chi connectivity index (χ0) is 18.9. The Hall–Kier alpha value is -1.53. The van der Waals surface area contributed by atoms with Crippen LogP contribution in [0, 0.1) is 0 Å². The van der Waals surface area contributed by atoms with Gasteiger partial charge in [0.15, 0.2) is 5.17 Å². The molecule has 142 valence electrons. The van der Waals surface area contributed by atoms with E-state index in [9.17, 15) is 9.59 Å². The molecule has 1 aliphatic heterocycles. The number of benzene rings is 1. The van der Waals surface area contributed by atoms with E-state index >= 15 is 0 Å². The number of nitrogens with zero attached hydrogens (tertiary/aromatic N) is 2. The van der Waals surface area contributed by atoms with Crippen LogP contribution in [0.4, 0.5) is 5.69 Å². The van der Waals surface area contributed by atoms with E-state index in [1.807, 2.05) is 0 Å². The molecule has 0 spiro atoms. The molecule has 1 heterocycles. The van der Waals surface area contributed by atoms with Gasteiger partial charge in [0.1, 0.15) is 5.25 Å². The summed E-state index contributed by atoms with van der Waals surface area (Å²) >= 11 is 7.35. The molecule has 7 heteroatoms. The number of aliphatic imine (C=N–C) groups is 1. The van der Waals surface area contributed by atoms with Crippen LogP contribution in [0.3, 0.4) is 0 Å². The molecule has 0 radical (unpaired) electrons. The van der Waals surface area contributed by atoms with Crippen LogP contribution in [0.15, 0.2) is 29.3 Å². The van der Waals surface area contributed by atoms with Crippen LogP contribution >= 0.6 is 23.4 Å². The van der Waals surface area contributed by atoms with Crippen molar-refractivity contribution in [3.8, 4) is 0 Å². The number of halogens is 1. The first-order chi connectivity index (χ1) is 12.5. The van der Waals surface area contributed by atoms with Crippen molar-refractivity contribution in [2.45, 2.75) is 51.2 Å². The van der Waals surface area contributed by atoms with Crippen LogP contribution in [0.2, 0.25) is 5.02 Å². The van der Waals surface area contributed by atoms with E-state index in [1.54, 1.807) is 29.2 Å². The van der Waals surface area contributed by atoms with Gasteiger partial charge >= 0.3 is 0 Å². The number of carbonyl (C=O) groups excluding carboxylic acids is 2. The first-order valence-corrected chi connectivity index (χ1v) is 10.4. The third-order valence-corrected chi connectivity index (χ3v) is 5.48. The third kappa shape index (κ3) is 6.02. The Labute approximate surface area is 164 Å². The molecule has 0 aliphatic carbocycles. The van der Waals surface area contributed by atoms with Crippen molar-refractivity contribution < 1.29 is 9.59 Å². The standard InChI is InChI=1S/C19H26ClN3O2S/c1-3-5-10-21-19-23(11-6-4-2)17(24)13-16(26-19)18(25)22-15-9-7-8-14(20)12-15/h7-9,12,16H,3-6,10-11,13H2,1-2H3,(H,22,25). The molecule has 5 nitrogen and oxygen atoms in total. The lowest BCUT2D eigenvalue weighted by atomic mass is 10.2. The van der Waals surface area contributed by atoms with Crippen LogP contribution in [0.5, 0.6) is 0 Å². The lowest BCUT2D eigenvalue weighted by molar-refractivity contribution is -0.129. The van der Waals surface area contributed by atoms with Gasteiger partial charge in [-0.05, 0) is 31.0 Å². The van der Waals surface area contributed by atoms with E-state index in [0.717, 1.165) is 25.7 Å². The molecule has 0 aromatic heterocycles. The Morgan fingerprint density at radius 2 is 2.12 bits per heavy atom. The number of hydrogen-bond donors (Lipinski definition) is 1. The maximum absolute atomic E-state index is 12.6. The summed E-state index contributed by atoms with van der Waals surface area (Å²) in [6.07, 6.45) is 4.14. The molecule has 0 bridgehead atoms. The number of unbranched alkanes of at least 4 members (excludes halogenated alkanes) is 2. The van der Waals surface area contributed by atoms with Gasteiger partial charge in [-0.3, -0.25) is 19.5 Å². The molecule has 1 aromatic rings. The fourth-order valence-corrected chi connectivity index (χ4v) is 3.86. The minimum absolute atomic E-state index is 0.0290. The first kappa shape index (κ1) is 20.8. The molecule has 2 rings (SSSR count). The van der Waals surface area contributed by atoms with Gasteiger partial charge in [0.2, 0.25) is 11.8 Å². The molecule has 1 fully saturated rings. The highest BCUT2D eigenvalue weighted by molar-refractivity contribution is 8.15. The summed E-state index contributed by atoms with van der Waals surface area (Å²) in [5.41, 5.74) is 0.633. The van der Waals surface area contributed by atoms with Crippen molar-refractivity contribution in [1.29, 1.82) is 0 Å². The van der Waals surface area contributed by atoms with Gasteiger partial charge in [0.25, 0.3) is 0 Å². The Bertz CT molecular complexity index is 666. The summed E-state index contributed by atoms with van der Waals surface area (Å²) in [5.74, 6) is -0.220. The summed E-state index contributed by atoms with van der Waals surface area (Å²) in [5, 5.41) is 3.61. The van der Waals surface area contributed by atoms with Crippen molar-refractivity contribution in [1.82, 2.24) is 4.90 Å². The number of amides is 2. The summed E-state index contributed by atoms with van der Waals surface area (Å²) in [6, 6.07) is 7.00. The zero-order valence-electron chi connectivity index (χ0n) is 15.3. The number of hydrogen-bond acceptors (Lipinski definition) is 4. The molecule has 1 aliphatic rings. The molecular formula is C19H26ClN3O2S. The smallest absolute Gasteiger partial charge is 0.238 e. The summed E-state index contributed by atoms with van der Waals surface area (Å²) in [4.78, 5) is 31.6. The zero-order valence-corrected chi connectivity index (χ0v) is 16.9. The second kappa shape index (κ2) is 10.6. The van der Waals surface area contributed by atoms with Crippen molar-refractivity contribution >= 4 is 46.0 Å². The van der Waals surface area contributed by atoms with Crippen molar-refractivity contribution in [2.24, 2.45) is 4.99 Å². The largest absolute Gasteiger partial charge is 0.325 e. The van der Waals surface area contributed by atoms with E-state index in [4.69, 9.17) is 11.6 Å². The third-order valence-electron chi connectivity index (χ3n) is 4.02. The monoisotopic (exact) mass is 395 g/mol. The predicted octanol–water partition coefficient (Wildman–Crippen LogP) is 4.57. The van der Waals surface area contributed by atoms with Crippen LogP contribution in [-0.4, -0.2) is 40.2 Å². The van der Waals surface area contributed by atoms with Gasteiger partial charge in [-0.15, -0.1) is 0 Å². The average molecular weight is 396 g/mol. The predicted molar refractivity (Wildman–Crippen MR) is 110 cm³/mol. The maximum Gasteiger partial charge on any atom is 0.238 e. The van der Waals surface area contributed by atoms with Crippen LogP contribution < -0.4 is 5.32 Å². The normalized spacial score (nSPS) is 19.0. The van der Waals surface area contributed by atoms with Crippen LogP contribution in [-0.2, 0) is 9.59 Å². The lowest BCUT2D eigenvalue weighted by Gasteiger charge is -2.31. The van der Waals surface area contributed by atoms with E-state index in [2.05, 4.69) is 24.2 Å². The highest BCUT2D eigenvalue weighted by Crippen LogP contribution is 2.28. The van der Waals surface area contributed by atoms with Gasteiger partial charge in [-0.1, -0.05) is 56.1 Å². The van der Waals surface area contributed by atoms with Crippen molar-refractivity contribution in [3.05, 3.63) is 29.3 Å². The van der Waals surface area contributed by atoms with Crippen LogP contribution in [0.25, 0.3) is 0 Å². The number of anilines is 1. The first-order valence-electron chi connectivity index (χ1n) is 9.13. The van der Waals surface area contributed by atoms with E-state index < -0.39 is 5.25 Å². The van der Waals surface area contributed by atoms with Gasteiger partial charge < -0.3 is 5.32 Å². The van der Waals surface area contributed by atoms with Gasteiger partial charge in [-0.2, -0.15) is 0 Å². The quantitative estimate of drug-likeness (QED) is 0.656. The minimum atomic E-state index is -0.472. The Morgan fingerprint density at radius 1 is 1.35 bits per heavy atom. The van der Waals surface area contributed by atoms with E-state index in [1.165, 1.54) is 11.8 Å². The number of nitrogens with one attached hydrogen (secondary N) is 1. The molecule has 1 unspecified atom stereocenters. The molecule has 1 aromatic carbocycles. The molecular weight excluding hydrogens is 370 g/mol. The topological polar surface area (TPSA) is 61.8 Å². The lowest BCUT2D eigenvalue weighted by Crippen LogP contribution is -2.45. The fourth-order valence-electron chi connectivity index (χ4n) is 2.54. The molecule has 1 atom stereocenters. The maximum atomic E-state index is 12.6. The molecule has 2 amide bonds. The Morgan fingerprint density at radius 3 is 2.81 bits per heavy atom.